The van der Waals surface area contributed by atoms with Crippen molar-refractivity contribution in [2.24, 2.45) is 0 Å². The quantitative estimate of drug-likeness (QED) is 0.372. The Balaban J connectivity index is 1.96. The van der Waals surface area contributed by atoms with Gasteiger partial charge in [-0.15, -0.1) is 0 Å². The third-order valence-corrected chi connectivity index (χ3v) is 5.54. The first-order chi connectivity index (χ1) is 13.9. The first-order valence-corrected chi connectivity index (χ1v) is 9.93. The summed E-state index contributed by atoms with van der Waals surface area (Å²) in [7, 11) is 0. The highest BCUT2D eigenvalue weighted by molar-refractivity contribution is 8.26. The van der Waals surface area contributed by atoms with Crippen LogP contribution in [0.2, 0.25) is 0 Å². The molecule has 0 atom stereocenters. The van der Waals surface area contributed by atoms with E-state index in [0.717, 1.165) is 27.4 Å². The molecule has 1 amide bonds. The van der Waals surface area contributed by atoms with Crippen LogP contribution in [0.25, 0.3) is 16.8 Å². The zero-order valence-corrected chi connectivity index (χ0v) is 16.8. The van der Waals surface area contributed by atoms with Crippen LogP contribution in [-0.2, 0) is 14.4 Å². The monoisotopic (exact) mass is 431 g/mol. The summed E-state index contributed by atoms with van der Waals surface area (Å²) in [5, 5.41) is 19.6. The Labute approximate surface area is 175 Å². The second kappa shape index (κ2) is 9.06. The minimum atomic E-state index is -1.14. The lowest BCUT2D eigenvalue weighted by atomic mass is 10.0. The number of nitrogens with zero attached hydrogens (tertiary/aromatic N) is 1. The number of rotatable bonds is 8. The number of aliphatic carboxylic acids is 2. The second-order valence-corrected chi connectivity index (χ2v) is 7.88. The lowest BCUT2D eigenvalue weighted by Gasteiger charge is -2.13. The van der Waals surface area contributed by atoms with Gasteiger partial charge < -0.3 is 14.9 Å². The van der Waals surface area contributed by atoms with E-state index in [2.05, 4.69) is 0 Å². The van der Waals surface area contributed by atoms with Crippen LogP contribution >= 0.6 is 24.0 Å². The number of hydrogen-bond acceptors (Lipinski definition) is 6. The molecular weight excluding hydrogens is 414 g/mol. The van der Waals surface area contributed by atoms with Crippen molar-refractivity contribution >= 4 is 63.0 Å². The number of fused-ring (bicyclic) bond motifs is 1. The maximum atomic E-state index is 12.6. The van der Waals surface area contributed by atoms with Gasteiger partial charge >= 0.3 is 11.9 Å². The van der Waals surface area contributed by atoms with Gasteiger partial charge in [0, 0.05) is 12.0 Å². The molecule has 0 radical (unpaired) electrons. The molecule has 0 spiro atoms. The van der Waals surface area contributed by atoms with Gasteiger partial charge in [-0.2, -0.15) is 0 Å². The average molecular weight is 431 g/mol. The fraction of sp³-hybridized carbons (Fsp3) is 0.200. The molecule has 1 heterocycles. The standard InChI is InChI=1S/C20H17NO6S2/c22-17(23)6-3-9-27-15-8-7-12-4-1-2-5-13(12)14(15)10-16-19(26)21(11-18(24)25)20(28)29-16/h1-2,4-5,7-8,10H,3,6,9,11H2,(H,22,23)(H,24,25). The predicted molar refractivity (Wildman–Crippen MR) is 114 cm³/mol. The van der Waals surface area contributed by atoms with E-state index in [0.29, 0.717) is 22.6 Å². The van der Waals surface area contributed by atoms with Crippen LogP contribution in [0.4, 0.5) is 0 Å². The molecule has 1 fully saturated rings. The van der Waals surface area contributed by atoms with Crippen molar-refractivity contribution in [2.45, 2.75) is 12.8 Å². The molecule has 1 saturated heterocycles. The fourth-order valence-corrected chi connectivity index (χ4v) is 4.10. The molecule has 150 valence electrons. The Bertz CT molecular complexity index is 1030. The third-order valence-electron chi connectivity index (χ3n) is 4.17. The van der Waals surface area contributed by atoms with Gasteiger partial charge in [0.2, 0.25) is 0 Å². The van der Waals surface area contributed by atoms with Gasteiger partial charge in [0.15, 0.2) is 0 Å². The van der Waals surface area contributed by atoms with Crippen LogP contribution in [0.15, 0.2) is 41.3 Å². The normalized spacial score (nSPS) is 15.3. The van der Waals surface area contributed by atoms with Gasteiger partial charge in [0.05, 0.1) is 11.5 Å². The molecule has 2 aromatic rings. The number of thiocarbonyl (C=S) groups is 1. The van der Waals surface area contributed by atoms with Crippen molar-refractivity contribution in [2.75, 3.05) is 13.2 Å². The molecule has 9 heteroatoms. The largest absolute Gasteiger partial charge is 0.493 e. The van der Waals surface area contributed by atoms with Gasteiger partial charge in [-0.1, -0.05) is 54.3 Å². The minimum Gasteiger partial charge on any atom is -0.493 e. The van der Waals surface area contributed by atoms with Crippen molar-refractivity contribution in [1.82, 2.24) is 4.90 Å². The maximum Gasteiger partial charge on any atom is 0.323 e. The van der Waals surface area contributed by atoms with Gasteiger partial charge in [0.1, 0.15) is 16.6 Å². The molecule has 29 heavy (non-hydrogen) atoms. The van der Waals surface area contributed by atoms with Gasteiger partial charge in [-0.25, -0.2) is 0 Å². The van der Waals surface area contributed by atoms with E-state index >= 15 is 0 Å². The smallest absolute Gasteiger partial charge is 0.323 e. The summed E-state index contributed by atoms with van der Waals surface area (Å²) in [6, 6.07) is 11.2. The lowest BCUT2D eigenvalue weighted by Crippen LogP contribution is -2.33. The Kier molecular flexibility index (Phi) is 6.50. The Morgan fingerprint density at radius 2 is 1.90 bits per heavy atom. The van der Waals surface area contributed by atoms with Gasteiger partial charge in [0.25, 0.3) is 5.91 Å². The number of carboxylic acid groups (broad SMARTS) is 2. The highest BCUT2D eigenvalue weighted by Crippen LogP contribution is 2.37. The molecule has 0 aromatic heterocycles. The van der Waals surface area contributed by atoms with Crippen LogP contribution in [0, 0.1) is 0 Å². The molecule has 0 unspecified atom stereocenters. The molecule has 0 bridgehead atoms. The first-order valence-electron chi connectivity index (χ1n) is 8.70. The zero-order valence-electron chi connectivity index (χ0n) is 15.2. The summed E-state index contributed by atoms with van der Waals surface area (Å²) in [5.74, 6) is -1.99. The van der Waals surface area contributed by atoms with Gasteiger partial charge in [-0.05, 0) is 29.3 Å². The van der Waals surface area contributed by atoms with Crippen LogP contribution in [0.5, 0.6) is 5.75 Å². The van der Waals surface area contributed by atoms with E-state index in [4.69, 9.17) is 27.2 Å². The average Bonchev–Trinajstić information content (AvgIpc) is 2.93. The molecule has 7 nitrogen and oxygen atoms in total. The van der Waals surface area contributed by atoms with E-state index in [1.807, 2.05) is 30.3 Å². The molecule has 0 saturated carbocycles. The molecule has 2 aromatic carbocycles. The predicted octanol–water partition coefficient (Wildman–Crippen LogP) is 3.37. The molecule has 2 N–H and O–H groups in total. The van der Waals surface area contributed by atoms with Crippen LogP contribution in [0.1, 0.15) is 18.4 Å². The fourth-order valence-electron chi connectivity index (χ4n) is 2.86. The van der Waals surface area contributed by atoms with Crippen molar-refractivity contribution < 1.29 is 29.3 Å². The SMILES string of the molecule is O=C(O)CCCOc1ccc2ccccc2c1C=C1SC(=S)N(CC(=O)O)C1=O. The highest BCUT2D eigenvalue weighted by atomic mass is 32.2. The maximum absolute atomic E-state index is 12.6. The van der Waals surface area contributed by atoms with Crippen LogP contribution in [-0.4, -0.2) is 50.4 Å². The summed E-state index contributed by atoms with van der Waals surface area (Å²) in [4.78, 5) is 35.7. The Morgan fingerprint density at radius 3 is 2.62 bits per heavy atom. The molecule has 3 rings (SSSR count). The topological polar surface area (TPSA) is 104 Å². The number of carboxylic acids is 2. The van der Waals surface area contributed by atoms with Crippen molar-refractivity contribution in [3.8, 4) is 5.75 Å². The lowest BCUT2D eigenvalue weighted by molar-refractivity contribution is -0.140. The number of carbonyl (C=O) groups excluding carboxylic acids is 1. The summed E-state index contributed by atoms with van der Waals surface area (Å²) in [5.41, 5.74) is 0.661. The molecule has 1 aliphatic rings. The van der Waals surface area contributed by atoms with Crippen molar-refractivity contribution in [3.63, 3.8) is 0 Å². The van der Waals surface area contributed by atoms with E-state index in [-0.39, 0.29) is 17.3 Å². The molecule has 1 aliphatic heterocycles. The number of benzene rings is 2. The Hall–Kier alpha value is -2.91. The van der Waals surface area contributed by atoms with Crippen LogP contribution in [0.3, 0.4) is 0 Å². The summed E-state index contributed by atoms with van der Waals surface area (Å²) in [6.07, 6.45) is 2.00. The highest BCUT2D eigenvalue weighted by Gasteiger charge is 2.33. The zero-order chi connectivity index (χ0) is 21.0. The third kappa shape index (κ3) is 4.93. The number of carbonyl (C=O) groups is 3. The summed E-state index contributed by atoms with van der Waals surface area (Å²) in [6.45, 7) is -0.276. The number of thioether (sulfide) groups is 1. The second-order valence-electron chi connectivity index (χ2n) is 6.21. The van der Waals surface area contributed by atoms with Crippen molar-refractivity contribution in [3.05, 3.63) is 46.9 Å². The van der Waals surface area contributed by atoms with E-state index < -0.39 is 24.4 Å². The molecular formula is C20H17NO6S2. The van der Waals surface area contributed by atoms with E-state index in [1.165, 1.54) is 0 Å². The van der Waals surface area contributed by atoms with Crippen molar-refractivity contribution in [1.29, 1.82) is 0 Å². The number of amides is 1. The summed E-state index contributed by atoms with van der Waals surface area (Å²) < 4.78 is 5.98. The van der Waals surface area contributed by atoms with Crippen LogP contribution < -0.4 is 4.74 Å². The number of hydrogen-bond donors (Lipinski definition) is 2. The van der Waals surface area contributed by atoms with Gasteiger partial charge in [-0.3, -0.25) is 19.3 Å². The van der Waals surface area contributed by atoms with E-state index in [9.17, 15) is 14.4 Å². The minimum absolute atomic E-state index is 0.00321. The summed E-state index contributed by atoms with van der Waals surface area (Å²) >= 11 is 6.19. The van der Waals surface area contributed by atoms with E-state index in [1.54, 1.807) is 12.1 Å². The first kappa shape index (κ1) is 20.8. The Morgan fingerprint density at radius 1 is 1.14 bits per heavy atom. The number of ether oxygens (including phenoxy) is 1. The molecule has 0 aliphatic carbocycles.